The molecular weight excluding hydrogens is 538 g/mol. The van der Waals surface area contributed by atoms with Gasteiger partial charge in [0.05, 0.1) is 19.3 Å². The van der Waals surface area contributed by atoms with Crippen molar-refractivity contribution >= 4 is 35.3 Å². The van der Waals surface area contributed by atoms with Crippen molar-refractivity contribution in [3.63, 3.8) is 0 Å². The molecule has 0 spiro atoms. The third-order valence-electron chi connectivity index (χ3n) is 7.15. The highest BCUT2D eigenvalue weighted by Crippen LogP contribution is 2.43. The third kappa shape index (κ3) is 6.47. The molecule has 0 bridgehead atoms. The number of fused-ring (bicyclic) bond motifs is 1. The molecular formula is C31H30ClN7O2. The lowest BCUT2D eigenvalue weighted by Gasteiger charge is -2.10. The molecule has 7 rings (SSSR count). The number of halogens is 1. The van der Waals surface area contributed by atoms with Gasteiger partial charge in [0.2, 0.25) is 12.3 Å². The Morgan fingerprint density at radius 3 is 2.51 bits per heavy atom. The predicted molar refractivity (Wildman–Crippen MR) is 159 cm³/mol. The van der Waals surface area contributed by atoms with Crippen LogP contribution in [0.5, 0.6) is 5.88 Å². The van der Waals surface area contributed by atoms with E-state index < -0.39 is 0 Å². The van der Waals surface area contributed by atoms with Gasteiger partial charge in [-0.3, -0.25) is 4.79 Å². The van der Waals surface area contributed by atoms with Crippen LogP contribution in [0.1, 0.15) is 54.3 Å². The van der Waals surface area contributed by atoms with Crippen molar-refractivity contribution in [2.24, 2.45) is 0 Å². The molecule has 5 aromatic rings. The molecule has 2 aliphatic rings. The van der Waals surface area contributed by atoms with E-state index in [4.69, 9.17) is 21.3 Å². The van der Waals surface area contributed by atoms with Gasteiger partial charge < -0.3 is 19.8 Å². The number of hydrogen-bond donors (Lipinski definition) is 2. The zero-order chi connectivity index (χ0) is 28.2. The van der Waals surface area contributed by atoms with Crippen LogP contribution >= 0.6 is 11.6 Å². The highest BCUT2D eigenvalue weighted by Gasteiger charge is 2.26. The van der Waals surface area contributed by atoms with Gasteiger partial charge in [0.15, 0.2) is 0 Å². The van der Waals surface area contributed by atoms with Crippen molar-refractivity contribution in [3.8, 4) is 17.0 Å². The van der Waals surface area contributed by atoms with E-state index in [9.17, 15) is 4.79 Å². The Hall–Kier alpha value is -4.50. The van der Waals surface area contributed by atoms with Gasteiger partial charge >= 0.3 is 0 Å². The SMILES string of the molecule is COc1ncccc1-c1cc(C2CC2)cn2cc(CNc3cc(NC=O)ncn3)nc12.Clc1cccc(C2CC2)c1. The smallest absolute Gasteiger partial charge is 0.221 e. The fourth-order valence-electron chi connectivity index (χ4n) is 4.80. The molecule has 9 nitrogen and oxygen atoms in total. The van der Waals surface area contributed by atoms with Crippen LogP contribution in [0.2, 0.25) is 5.02 Å². The van der Waals surface area contributed by atoms with Crippen molar-refractivity contribution in [1.82, 2.24) is 24.3 Å². The van der Waals surface area contributed by atoms with Crippen LogP contribution in [0.15, 0.2) is 73.4 Å². The number of benzene rings is 1. The second-order valence-electron chi connectivity index (χ2n) is 10.2. The van der Waals surface area contributed by atoms with Gasteiger partial charge in [-0.25, -0.2) is 19.9 Å². The van der Waals surface area contributed by atoms with Gasteiger partial charge in [0.1, 0.15) is 23.6 Å². The molecule has 0 atom stereocenters. The summed E-state index contributed by atoms with van der Waals surface area (Å²) in [5.41, 5.74) is 6.33. The average molecular weight is 568 g/mol. The Labute approximate surface area is 243 Å². The quantitative estimate of drug-likeness (QED) is 0.197. The number of carbonyl (C=O) groups is 1. The summed E-state index contributed by atoms with van der Waals surface area (Å²) in [6.07, 6.45) is 13.0. The maximum absolute atomic E-state index is 10.6. The second kappa shape index (κ2) is 11.9. The Balaban J connectivity index is 0.000000253. The zero-order valence-electron chi connectivity index (χ0n) is 22.6. The third-order valence-corrected chi connectivity index (χ3v) is 7.38. The van der Waals surface area contributed by atoms with Gasteiger partial charge in [-0.1, -0.05) is 23.7 Å². The number of imidazole rings is 1. The summed E-state index contributed by atoms with van der Waals surface area (Å²) in [6, 6.07) is 16.0. The van der Waals surface area contributed by atoms with Crippen molar-refractivity contribution < 1.29 is 9.53 Å². The summed E-state index contributed by atoms with van der Waals surface area (Å²) in [7, 11) is 1.63. The molecule has 1 aromatic carbocycles. The van der Waals surface area contributed by atoms with Crippen molar-refractivity contribution in [2.45, 2.75) is 44.1 Å². The summed E-state index contributed by atoms with van der Waals surface area (Å²) in [5.74, 6) is 3.03. The number of carbonyl (C=O) groups excluding carboxylic acids is 1. The van der Waals surface area contributed by atoms with E-state index in [0.717, 1.165) is 33.4 Å². The maximum atomic E-state index is 10.6. The molecule has 4 heterocycles. The monoisotopic (exact) mass is 567 g/mol. The minimum absolute atomic E-state index is 0.433. The first-order valence-corrected chi connectivity index (χ1v) is 14.0. The molecule has 0 radical (unpaired) electrons. The van der Waals surface area contributed by atoms with Gasteiger partial charge in [0.25, 0.3) is 0 Å². The van der Waals surface area contributed by atoms with E-state index in [1.165, 1.54) is 43.1 Å². The van der Waals surface area contributed by atoms with Gasteiger partial charge in [-0.05, 0) is 79.0 Å². The standard InChI is InChI=1S/C22H21N7O2.C9H9Cl/c1-31-22-17(3-2-6-23-22)18-7-15(14-4-5-14)10-29-11-16(28-21(18)29)9-24-19-8-20(27-13-30)26-12-25-19;10-9-3-1-2-8(6-9)7-4-5-7/h2-3,6-8,10-14H,4-5,9H2,1H3,(H2,24,25,26,27,30);1-3,6-7H,4-5H2. The van der Waals surface area contributed by atoms with Crippen LogP contribution in [-0.2, 0) is 11.3 Å². The molecule has 2 N–H and O–H groups in total. The van der Waals surface area contributed by atoms with Crippen LogP contribution in [0, 0.1) is 0 Å². The first-order chi connectivity index (χ1) is 20.1. The molecule has 41 heavy (non-hydrogen) atoms. The van der Waals surface area contributed by atoms with E-state index in [0.29, 0.717) is 36.4 Å². The summed E-state index contributed by atoms with van der Waals surface area (Å²) in [6.45, 7) is 0.474. The number of methoxy groups -OCH3 is 1. The minimum atomic E-state index is 0.433. The molecule has 4 aromatic heterocycles. The van der Waals surface area contributed by atoms with Crippen LogP contribution in [-0.4, -0.2) is 37.9 Å². The second-order valence-corrected chi connectivity index (χ2v) is 10.7. The number of hydrogen-bond acceptors (Lipinski definition) is 7. The highest BCUT2D eigenvalue weighted by molar-refractivity contribution is 6.30. The number of nitrogens with zero attached hydrogens (tertiary/aromatic N) is 5. The Morgan fingerprint density at radius 2 is 1.76 bits per heavy atom. The Morgan fingerprint density at radius 1 is 0.951 bits per heavy atom. The topological polar surface area (TPSA) is 106 Å². The maximum Gasteiger partial charge on any atom is 0.221 e. The van der Waals surface area contributed by atoms with Crippen molar-refractivity contribution in [1.29, 1.82) is 0 Å². The summed E-state index contributed by atoms with van der Waals surface area (Å²) < 4.78 is 7.58. The summed E-state index contributed by atoms with van der Waals surface area (Å²) in [4.78, 5) is 28.0. The fourth-order valence-corrected chi connectivity index (χ4v) is 5.00. The van der Waals surface area contributed by atoms with E-state index in [1.807, 2.05) is 30.5 Å². The lowest BCUT2D eigenvalue weighted by molar-refractivity contribution is -0.105. The molecule has 1 amide bonds. The number of amides is 1. The lowest BCUT2D eigenvalue weighted by Crippen LogP contribution is -2.04. The van der Waals surface area contributed by atoms with E-state index in [-0.39, 0.29) is 0 Å². The van der Waals surface area contributed by atoms with Crippen molar-refractivity contribution in [3.05, 3.63) is 95.3 Å². The number of aromatic nitrogens is 5. The lowest BCUT2D eigenvalue weighted by atomic mass is 10.0. The van der Waals surface area contributed by atoms with E-state index in [1.54, 1.807) is 19.4 Å². The summed E-state index contributed by atoms with van der Waals surface area (Å²) in [5, 5.41) is 6.62. The summed E-state index contributed by atoms with van der Waals surface area (Å²) >= 11 is 5.82. The molecule has 0 aliphatic heterocycles. The average Bonchev–Trinajstić information content (AvgIpc) is 3.93. The largest absolute Gasteiger partial charge is 0.481 e. The van der Waals surface area contributed by atoms with Crippen molar-refractivity contribution in [2.75, 3.05) is 17.7 Å². The van der Waals surface area contributed by atoms with E-state index in [2.05, 4.69) is 54.4 Å². The molecule has 2 saturated carbocycles. The number of rotatable bonds is 9. The molecule has 0 unspecified atom stereocenters. The van der Waals surface area contributed by atoms with Crippen LogP contribution in [0.3, 0.4) is 0 Å². The normalized spacial score (nSPS) is 14.2. The Bertz CT molecular complexity index is 1680. The zero-order valence-corrected chi connectivity index (χ0v) is 23.4. The van der Waals surface area contributed by atoms with Gasteiger partial charge in [0, 0.05) is 40.8 Å². The number of anilines is 2. The molecule has 208 valence electrons. The van der Waals surface area contributed by atoms with Crippen LogP contribution in [0.25, 0.3) is 16.8 Å². The fraction of sp³-hybridized carbons (Fsp3) is 0.258. The van der Waals surface area contributed by atoms with Gasteiger partial charge in [-0.2, -0.15) is 0 Å². The molecule has 10 heteroatoms. The number of pyridine rings is 2. The Kier molecular flexibility index (Phi) is 7.78. The molecule has 0 saturated heterocycles. The minimum Gasteiger partial charge on any atom is -0.481 e. The first-order valence-electron chi connectivity index (χ1n) is 13.6. The molecule has 2 aliphatic carbocycles. The number of ether oxygens (including phenoxy) is 1. The van der Waals surface area contributed by atoms with Crippen LogP contribution < -0.4 is 15.4 Å². The van der Waals surface area contributed by atoms with Gasteiger partial charge in [-0.15, -0.1) is 0 Å². The molecule has 2 fully saturated rings. The van der Waals surface area contributed by atoms with E-state index >= 15 is 0 Å². The predicted octanol–water partition coefficient (Wildman–Crippen LogP) is 6.47. The van der Waals surface area contributed by atoms with Crippen LogP contribution in [0.4, 0.5) is 11.6 Å². The number of nitrogens with one attached hydrogen (secondary N) is 2. The first kappa shape index (κ1) is 26.7. The highest BCUT2D eigenvalue weighted by atomic mass is 35.5.